The van der Waals surface area contributed by atoms with E-state index in [2.05, 4.69) is 38.1 Å². The number of ketones is 1. The van der Waals surface area contributed by atoms with Gasteiger partial charge in [0.15, 0.2) is 5.78 Å². The molecular weight excluding hydrogens is 220 g/mol. The van der Waals surface area contributed by atoms with Gasteiger partial charge in [-0.2, -0.15) is 0 Å². The first-order valence-corrected chi connectivity index (χ1v) is 6.64. The molecule has 0 fully saturated rings. The highest BCUT2D eigenvalue weighted by atomic mass is 16.1. The quantitative estimate of drug-likeness (QED) is 0.771. The Bertz CT molecular complexity index is 466. The van der Waals surface area contributed by atoms with Crippen molar-refractivity contribution in [1.82, 2.24) is 0 Å². The summed E-state index contributed by atoms with van der Waals surface area (Å²) in [6, 6.07) is 10.2. The van der Waals surface area contributed by atoms with E-state index in [9.17, 15) is 4.79 Å². The highest BCUT2D eigenvalue weighted by Gasteiger charge is 2.23. The van der Waals surface area contributed by atoms with E-state index in [-0.39, 0.29) is 5.92 Å². The van der Waals surface area contributed by atoms with Crippen LogP contribution in [0.3, 0.4) is 0 Å². The summed E-state index contributed by atoms with van der Waals surface area (Å²) in [7, 11) is 0. The van der Waals surface area contributed by atoms with Crippen LogP contribution in [0.4, 0.5) is 0 Å². The van der Waals surface area contributed by atoms with Crippen LogP contribution >= 0.6 is 0 Å². The fourth-order valence-electron chi connectivity index (χ4n) is 2.39. The fourth-order valence-corrected chi connectivity index (χ4v) is 2.39. The Morgan fingerprint density at radius 2 is 1.89 bits per heavy atom. The summed E-state index contributed by atoms with van der Waals surface area (Å²) in [6.45, 7) is 4.25. The monoisotopic (exact) mass is 240 g/mol. The average molecular weight is 240 g/mol. The summed E-state index contributed by atoms with van der Waals surface area (Å²) in [5.41, 5.74) is 2.33. The Morgan fingerprint density at radius 3 is 2.50 bits per heavy atom. The number of hydrogen-bond donors (Lipinski definition) is 0. The van der Waals surface area contributed by atoms with Crippen molar-refractivity contribution in [2.45, 2.75) is 26.7 Å². The van der Waals surface area contributed by atoms with E-state index in [1.165, 1.54) is 5.56 Å². The Morgan fingerprint density at radius 1 is 1.17 bits per heavy atom. The van der Waals surface area contributed by atoms with Gasteiger partial charge in [-0.1, -0.05) is 56.3 Å². The summed E-state index contributed by atoms with van der Waals surface area (Å²) >= 11 is 0. The van der Waals surface area contributed by atoms with Crippen molar-refractivity contribution in [2.75, 3.05) is 0 Å². The first-order chi connectivity index (χ1) is 8.66. The molecule has 0 saturated heterocycles. The van der Waals surface area contributed by atoms with Gasteiger partial charge in [-0.3, -0.25) is 4.79 Å². The topological polar surface area (TPSA) is 17.1 Å². The SMILES string of the molecule is CC(C)C1CCC(/C=C\c2ccccc2)=CC1=O. The van der Waals surface area contributed by atoms with Gasteiger partial charge in [0.25, 0.3) is 0 Å². The van der Waals surface area contributed by atoms with Crippen molar-refractivity contribution >= 4 is 11.9 Å². The minimum Gasteiger partial charge on any atom is -0.295 e. The van der Waals surface area contributed by atoms with Gasteiger partial charge in [0.2, 0.25) is 0 Å². The summed E-state index contributed by atoms with van der Waals surface area (Å²) in [4.78, 5) is 11.9. The van der Waals surface area contributed by atoms with Crippen LogP contribution in [0.15, 0.2) is 48.1 Å². The van der Waals surface area contributed by atoms with Crippen LogP contribution in [-0.2, 0) is 4.79 Å². The lowest BCUT2D eigenvalue weighted by Gasteiger charge is -2.22. The minimum absolute atomic E-state index is 0.221. The first kappa shape index (κ1) is 12.8. The molecule has 1 unspecified atom stereocenters. The van der Waals surface area contributed by atoms with E-state index in [0.29, 0.717) is 11.7 Å². The maximum atomic E-state index is 11.9. The van der Waals surface area contributed by atoms with Crippen LogP contribution in [0.1, 0.15) is 32.3 Å². The van der Waals surface area contributed by atoms with Crippen LogP contribution in [0.5, 0.6) is 0 Å². The number of rotatable bonds is 3. The lowest BCUT2D eigenvalue weighted by molar-refractivity contribution is -0.120. The molecule has 94 valence electrons. The van der Waals surface area contributed by atoms with Gasteiger partial charge in [-0.05, 0) is 36.0 Å². The molecule has 0 bridgehead atoms. The molecule has 18 heavy (non-hydrogen) atoms. The van der Waals surface area contributed by atoms with Gasteiger partial charge in [0.05, 0.1) is 0 Å². The third kappa shape index (κ3) is 3.19. The van der Waals surface area contributed by atoms with Crippen molar-refractivity contribution in [3.8, 4) is 0 Å². The predicted molar refractivity (Wildman–Crippen MR) is 76.1 cm³/mol. The third-order valence-electron chi connectivity index (χ3n) is 3.53. The summed E-state index contributed by atoms with van der Waals surface area (Å²) in [5, 5.41) is 0. The zero-order valence-electron chi connectivity index (χ0n) is 11.1. The van der Waals surface area contributed by atoms with Gasteiger partial charge in [-0.25, -0.2) is 0 Å². The first-order valence-electron chi connectivity index (χ1n) is 6.64. The van der Waals surface area contributed by atoms with Gasteiger partial charge < -0.3 is 0 Å². The minimum atomic E-state index is 0.221. The number of benzene rings is 1. The molecule has 0 radical (unpaired) electrons. The molecule has 1 heteroatoms. The van der Waals surface area contributed by atoms with Crippen LogP contribution in [0.25, 0.3) is 6.08 Å². The molecule has 0 spiro atoms. The second-order valence-corrected chi connectivity index (χ2v) is 5.25. The van der Waals surface area contributed by atoms with Gasteiger partial charge >= 0.3 is 0 Å². The molecule has 1 aliphatic rings. The predicted octanol–water partition coefficient (Wildman–Crippen LogP) is 4.26. The van der Waals surface area contributed by atoms with E-state index < -0.39 is 0 Å². The molecule has 0 saturated carbocycles. The number of allylic oxidation sites excluding steroid dienone is 3. The molecular formula is C17H20O. The molecule has 1 atom stereocenters. The summed E-state index contributed by atoms with van der Waals surface area (Å²) < 4.78 is 0. The number of hydrogen-bond acceptors (Lipinski definition) is 1. The third-order valence-corrected chi connectivity index (χ3v) is 3.53. The van der Waals surface area contributed by atoms with Crippen LogP contribution in [0.2, 0.25) is 0 Å². The Labute approximate surface area is 109 Å². The van der Waals surface area contributed by atoms with E-state index in [4.69, 9.17) is 0 Å². The fraction of sp³-hybridized carbons (Fsp3) is 0.353. The lowest BCUT2D eigenvalue weighted by atomic mass is 9.81. The zero-order valence-corrected chi connectivity index (χ0v) is 11.1. The van der Waals surface area contributed by atoms with Gasteiger partial charge in [0, 0.05) is 5.92 Å². The lowest BCUT2D eigenvalue weighted by Crippen LogP contribution is -2.22. The molecule has 1 aromatic rings. The number of carbonyl (C=O) groups excluding carboxylic acids is 1. The molecule has 2 rings (SSSR count). The van der Waals surface area contributed by atoms with Crippen LogP contribution < -0.4 is 0 Å². The summed E-state index contributed by atoms with van der Waals surface area (Å²) in [6.07, 6.45) is 7.98. The van der Waals surface area contributed by atoms with E-state index in [1.54, 1.807) is 0 Å². The molecule has 1 nitrogen and oxygen atoms in total. The normalized spacial score (nSPS) is 20.5. The zero-order chi connectivity index (χ0) is 13.0. The standard InChI is InChI=1S/C17H20O/c1-13(2)16-11-10-15(12-17(16)18)9-8-14-6-4-3-5-7-14/h3-9,12-13,16H,10-11H2,1-2H3/b9-8-. The maximum absolute atomic E-state index is 11.9. The molecule has 1 aliphatic carbocycles. The van der Waals surface area contributed by atoms with Crippen molar-refractivity contribution in [3.05, 3.63) is 53.6 Å². The highest BCUT2D eigenvalue weighted by molar-refractivity contribution is 5.94. The van der Waals surface area contributed by atoms with Crippen molar-refractivity contribution in [1.29, 1.82) is 0 Å². The average Bonchev–Trinajstić information content (AvgIpc) is 2.37. The smallest absolute Gasteiger partial charge is 0.159 e. The Hall–Kier alpha value is -1.63. The van der Waals surface area contributed by atoms with Crippen molar-refractivity contribution in [3.63, 3.8) is 0 Å². The van der Waals surface area contributed by atoms with E-state index in [0.717, 1.165) is 18.4 Å². The van der Waals surface area contributed by atoms with E-state index >= 15 is 0 Å². The Kier molecular flexibility index (Phi) is 4.14. The van der Waals surface area contributed by atoms with Crippen LogP contribution in [0, 0.1) is 11.8 Å². The Balaban J connectivity index is 2.06. The second-order valence-electron chi connectivity index (χ2n) is 5.25. The molecule has 0 N–H and O–H groups in total. The molecule has 0 heterocycles. The largest absolute Gasteiger partial charge is 0.295 e. The molecule has 0 aromatic heterocycles. The molecule has 1 aromatic carbocycles. The molecule has 0 amide bonds. The highest BCUT2D eigenvalue weighted by Crippen LogP contribution is 2.27. The second kappa shape index (κ2) is 5.81. The van der Waals surface area contributed by atoms with Gasteiger partial charge in [0.1, 0.15) is 0 Å². The van der Waals surface area contributed by atoms with Crippen LogP contribution in [-0.4, -0.2) is 5.78 Å². The number of carbonyl (C=O) groups is 1. The summed E-state index contributed by atoms with van der Waals surface area (Å²) in [5.74, 6) is 0.969. The van der Waals surface area contributed by atoms with E-state index in [1.807, 2.05) is 24.3 Å². The van der Waals surface area contributed by atoms with Crippen molar-refractivity contribution < 1.29 is 4.79 Å². The maximum Gasteiger partial charge on any atom is 0.159 e. The van der Waals surface area contributed by atoms with Crippen molar-refractivity contribution in [2.24, 2.45) is 11.8 Å². The van der Waals surface area contributed by atoms with Gasteiger partial charge in [-0.15, -0.1) is 0 Å². The molecule has 0 aliphatic heterocycles.